The molecule has 102 valence electrons. The van der Waals surface area contributed by atoms with Gasteiger partial charge in [0.2, 0.25) is 5.91 Å². The molecule has 3 rings (SSSR count). The molecule has 0 fully saturated rings. The zero-order valence-corrected chi connectivity index (χ0v) is 12.9. The minimum absolute atomic E-state index is 0.0563. The van der Waals surface area contributed by atoms with Gasteiger partial charge in [-0.05, 0) is 42.5 Å². The third-order valence-electron chi connectivity index (χ3n) is 3.19. The van der Waals surface area contributed by atoms with Crippen molar-refractivity contribution < 1.29 is 4.79 Å². The molecule has 0 unspecified atom stereocenters. The van der Waals surface area contributed by atoms with E-state index in [0.29, 0.717) is 18.0 Å². The van der Waals surface area contributed by atoms with E-state index >= 15 is 0 Å². The van der Waals surface area contributed by atoms with Gasteiger partial charge in [-0.15, -0.1) is 0 Å². The summed E-state index contributed by atoms with van der Waals surface area (Å²) in [6, 6.07) is 13.2. The first-order valence-corrected chi connectivity index (χ1v) is 7.44. The van der Waals surface area contributed by atoms with Gasteiger partial charge in [-0.25, -0.2) is 0 Å². The molecule has 1 aliphatic rings. The van der Waals surface area contributed by atoms with Crippen molar-refractivity contribution in [2.24, 2.45) is 0 Å². The molecule has 1 aliphatic heterocycles. The van der Waals surface area contributed by atoms with Crippen LogP contribution in [0.5, 0.6) is 0 Å². The van der Waals surface area contributed by atoms with E-state index in [2.05, 4.69) is 21.2 Å². The van der Waals surface area contributed by atoms with Crippen LogP contribution in [0.2, 0.25) is 5.02 Å². The van der Waals surface area contributed by atoms with Gasteiger partial charge in [0.15, 0.2) is 0 Å². The van der Waals surface area contributed by atoms with Crippen molar-refractivity contribution >= 4 is 50.5 Å². The van der Waals surface area contributed by atoms with E-state index < -0.39 is 0 Å². The Morgan fingerprint density at radius 3 is 2.65 bits per heavy atom. The summed E-state index contributed by atoms with van der Waals surface area (Å²) >= 11 is 9.49. The molecular weight excluding hydrogens is 340 g/mol. The topological polar surface area (TPSA) is 32.3 Å². The van der Waals surface area contributed by atoms with Crippen LogP contribution in [-0.2, 0) is 4.79 Å². The van der Waals surface area contributed by atoms with Crippen molar-refractivity contribution in [2.45, 2.75) is 6.42 Å². The molecule has 0 saturated carbocycles. The SMILES string of the molecule is O=C1CCNc2ccc(Cl)cc2N1c1ccc(Br)cc1. The molecule has 0 saturated heterocycles. The Morgan fingerprint density at radius 2 is 1.90 bits per heavy atom. The molecule has 2 aromatic rings. The highest BCUT2D eigenvalue weighted by Gasteiger charge is 2.23. The molecule has 5 heteroatoms. The van der Waals surface area contributed by atoms with Gasteiger partial charge >= 0.3 is 0 Å². The molecule has 0 atom stereocenters. The number of hydrogen-bond donors (Lipinski definition) is 1. The molecule has 20 heavy (non-hydrogen) atoms. The minimum Gasteiger partial charge on any atom is -0.383 e. The number of amides is 1. The highest BCUT2D eigenvalue weighted by Crippen LogP contribution is 2.36. The van der Waals surface area contributed by atoms with Gasteiger partial charge in [-0.2, -0.15) is 0 Å². The summed E-state index contributed by atoms with van der Waals surface area (Å²) in [5.74, 6) is 0.0563. The molecule has 0 radical (unpaired) electrons. The van der Waals surface area contributed by atoms with E-state index in [1.165, 1.54) is 0 Å². The predicted molar refractivity (Wildman–Crippen MR) is 85.8 cm³/mol. The Kier molecular flexibility index (Phi) is 3.68. The number of carbonyl (C=O) groups excluding carboxylic acids is 1. The Bertz CT molecular complexity index is 657. The van der Waals surface area contributed by atoms with E-state index in [9.17, 15) is 4.79 Å². The van der Waals surface area contributed by atoms with Gasteiger partial charge in [0, 0.05) is 28.1 Å². The lowest BCUT2D eigenvalue weighted by molar-refractivity contribution is -0.117. The fourth-order valence-corrected chi connectivity index (χ4v) is 2.69. The maximum Gasteiger partial charge on any atom is 0.233 e. The number of rotatable bonds is 1. The average Bonchev–Trinajstić information content (AvgIpc) is 2.58. The van der Waals surface area contributed by atoms with Crippen molar-refractivity contribution in [2.75, 3.05) is 16.8 Å². The Morgan fingerprint density at radius 1 is 1.15 bits per heavy atom. The number of fused-ring (bicyclic) bond motifs is 1. The Hall–Kier alpha value is -1.52. The molecule has 3 nitrogen and oxygen atoms in total. The standard InChI is InChI=1S/C15H12BrClN2O/c16-10-1-4-12(5-2-10)19-14-9-11(17)3-6-13(14)18-8-7-15(19)20/h1-6,9,18H,7-8H2. The highest BCUT2D eigenvalue weighted by molar-refractivity contribution is 9.10. The lowest BCUT2D eigenvalue weighted by atomic mass is 10.2. The van der Waals surface area contributed by atoms with E-state index in [-0.39, 0.29) is 5.91 Å². The van der Waals surface area contributed by atoms with Crippen LogP contribution >= 0.6 is 27.5 Å². The van der Waals surface area contributed by atoms with E-state index in [1.54, 1.807) is 4.90 Å². The normalized spacial score (nSPS) is 14.5. The van der Waals surface area contributed by atoms with Gasteiger partial charge < -0.3 is 5.32 Å². The Balaban J connectivity index is 2.14. The summed E-state index contributed by atoms with van der Waals surface area (Å²) in [6.07, 6.45) is 0.447. The summed E-state index contributed by atoms with van der Waals surface area (Å²) in [5.41, 5.74) is 2.55. The smallest absolute Gasteiger partial charge is 0.233 e. The molecular formula is C15H12BrClN2O. The van der Waals surface area contributed by atoms with Crippen molar-refractivity contribution in [1.82, 2.24) is 0 Å². The van der Waals surface area contributed by atoms with Crippen LogP contribution in [0.15, 0.2) is 46.9 Å². The molecule has 0 aliphatic carbocycles. The maximum absolute atomic E-state index is 12.4. The first-order valence-electron chi connectivity index (χ1n) is 6.27. The third-order valence-corrected chi connectivity index (χ3v) is 3.95. The summed E-state index contributed by atoms with van der Waals surface area (Å²) in [5, 5.41) is 3.88. The number of halogens is 2. The predicted octanol–water partition coefficient (Wildman–Crippen LogP) is 4.58. The van der Waals surface area contributed by atoms with Crippen LogP contribution in [0.1, 0.15) is 6.42 Å². The Labute approximate surface area is 130 Å². The highest BCUT2D eigenvalue weighted by atomic mass is 79.9. The van der Waals surface area contributed by atoms with Gasteiger partial charge in [-0.1, -0.05) is 27.5 Å². The summed E-state index contributed by atoms with van der Waals surface area (Å²) < 4.78 is 0.980. The van der Waals surface area contributed by atoms with Crippen molar-refractivity contribution in [3.63, 3.8) is 0 Å². The second kappa shape index (κ2) is 5.46. The first-order chi connectivity index (χ1) is 9.65. The summed E-state index contributed by atoms with van der Waals surface area (Å²) in [4.78, 5) is 14.1. The lowest BCUT2D eigenvalue weighted by Gasteiger charge is -2.23. The molecule has 0 aromatic heterocycles. The van der Waals surface area contributed by atoms with Gasteiger partial charge in [0.25, 0.3) is 0 Å². The van der Waals surface area contributed by atoms with Crippen LogP contribution in [0.3, 0.4) is 0 Å². The van der Waals surface area contributed by atoms with Crippen LogP contribution in [0.25, 0.3) is 0 Å². The largest absolute Gasteiger partial charge is 0.383 e. The van der Waals surface area contributed by atoms with Crippen molar-refractivity contribution in [1.29, 1.82) is 0 Å². The van der Waals surface area contributed by atoms with Crippen molar-refractivity contribution in [3.8, 4) is 0 Å². The number of anilines is 3. The molecule has 1 amide bonds. The fraction of sp³-hybridized carbons (Fsp3) is 0.133. The lowest BCUT2D eigenvalue weighted by Crippen LogP contribution is -2.25. The van der Waals surface area contributed by atoms with Gasteiger partial charge in [-0.3, -0.25) is 9.69 Å². The third kappa shape index (κ3) is 2.53. The van der Waals surface area contributed by atoms with Crippen LogP contribution < -0.4 is 10.2 Å². The number of nitrogens with zero attached hydrogens (tertiary/aromatic N) is 1. The zero-order chi connectivity index (χ0) is 14.1. The molecule has 0 bridgehead atoms. The molecule has 1 N–H and O–H groups in total. The first kappa shape index (κ1) is 13.5. The van der Waals surface area contributed by atoms with Gasteiger partial charge in [0.05, 0.1) is 11.4 Å². The number of hydrogen-bond acceptors (Lipinski definition) is 2. The fourth-order valence-electron chi connectivity index (χ4n) is 2.26. The molecule has 0 spiro atoms. The second-order valence-electron chi connectivity index (χ2n) is 4.54. The molecule has 1 heterocycles. The summed E-state index contributed by atoms with van der Waals surface area (Å²) in [6.45, 7) is 0.625. The average molecular weight is 352 g/mol. The second-order valence-corrected chi connectivity index (χ2v) is 5.90. The van der Waals surface area contributed by atoms with Crippen molar-refractivity contribution in [3.05, 3.63) is 52.0 Å². The van der Waals surface area contributed by atoms with Crippen LogP contribution in [0.4, 0.5) is 17.1 Å². The quantitative estimate of drug-likeness (QED) is 0.815. The van der Waals surface area contributed by atoms with Gasteiger partial charge in [0.1, 0.15) is 0 Å². The zero-order valence-electron chi connectivity index (χ0n) is 10.6. The maximum atomic E-state index is 12.4. The van der Waals surface area contributed by atoms with E-state index in [0.717, 1.165) is 21.5 Å². The van der Waals surface area contributed by atoms with Crippen LogP contribution in [-0.4, -0.2) is 12.5 Å². The number of nitrogens with one attached hydrogen (secondary N) is 1. The van der Waals surface area contributed by atoms with E-state index in [4.69, 9.17) is 11.6 Å². The monoisotopic (exact) mass is 350 g/mol. The molecule has 2 aromatic carbocycles. The van der Waals surface area contributed by atoms with Crippen LogP contribution in [0, 0.1) is 0 Å². The number of benzene rings is 2. The minimum atomic E-state index is 0.0563. The number of carbonyl (C=O) groups is 1. The summed E-state index contributed by atoms with van der Waals surface area (Å²) in [7, 11) is 0. The van der Waals surface area contributed by atoms with E-state index in [1.807, 2.05) is 42.5 Å².